The Morgan fingerprint density at radius 2 is 1.67 bits per heavy atom. The second-order valence-electron chi connectivity index (χ2n) is 3.48. The molecule has 0 aromatic rings. The summed E-state index contributed by atoms with van der Waals surface area (Å²) in [4.78, 5) is 0. The van der Waals surface area contributed by atoms with Crippen LogP contribution in [0.5, 0.6) is 0 Å². The van der Waals surface area contributed by atoms with E-state index in [1.165, 1.54) is 39.2 Å². The van der Waals surface area contributed by atoms with E-state index in [0.29, 0.717) is 0 Å². The van der Waals surface area contributed by atoms with E-state index in [1.807, 2.05) is 0 Å². The van der Waals surface area contributed by atoms with Crippen molar-refractivity contribution in [3.05, 3.63) is 0 Å². The van der Waals surface area contributed by atoms with Crippen LogP contribution in [0.15, 0.2) is 0 Å². The molecule has 2 nitrogen and oxygen atoms in total. The molecule has 0 amide bonds. The molecule has 0 heterocycles. The standard InChI is InChI=1S/C9H19N.CH5N/c1-8(10-2)9-6-4-3-5-7-9;1-2/h8-10H,3-7H2,1-2H3;2H2,1H3/t8-;/m0./s1. The van der Waals surface area contributed by atoms with Gasteiger partial charge < -0.3 is 11.1 Å². The third-order valence-electron chi connectivity index (χ3n) is 2.81. The van der Waals surface area contributed by atoms with Crippen LogP contribution in [0.3, 0.4) is 0 Å². The first-order valence-corrected chi connectivity index (χ1v) is 5.09. The minimum Gasteiger partial charge on any atom is -0.333 e. The fourth-order valence-electron chi connectivity index (χ4n) is 1.87. The molecule has 0 unspecified atom stereocenters. The van der Waals surface area contributed by atoms with Crippen molar-refractivity contribution in [2.24, 2.45) is 11.7 Å². The van der Waals surface area contributed by atoms with Gasteiger partial charge in [0, 0.05) is 6.04 Å². The molecule has 1 aliphatic carbocycles. The van der Waals surface area contributed by atoms with Crippen molar-refractivity contribution in [2.45, 2.75) is 45.1 Å². The van der Waals surface area contributed by atoms with Crippen LogP contribution in [-0.2, 0) is 0 Å². The maximum absolute atomic E-state index is 4.50. The highest BCUT2D eigenvalue weighted by atomic mass is 14.9. The van der Waals surface area contributed by atoms with E-state index in [1.54, 1.807) is 0 Å². The van der Waals surface area contributed by atoms with E-state index < -0.39 is 0 Å². The van der Waals surface area contributed by atoms with Crippen LogP contribution in [0, 0.1) is 5.92 Å². The summed E-state index contributed by atoms with van der Waals surface area (Å²) in [5, 5.41) is 3.33. The largest absolute Gasteiger partial charge is 0.333 e. The molecule has 1 rings (SSSR count). The lowest BCUT2D eigenvalue weighted by Gasteiger charge is -2.27. The average molecular weight is 172 g/mol. The van der Waals surface area contributed by atoms with Gasteiger partial charge in [0.1, 0.15) is 0 Å². The molecule has 2 heteroatoms. The van der Waals surface area contributed by atoms with Crippen molar-refractivity contribution in [1.29, 1.82) is 0 Å². The minimum absolute atomic E-state index is 0.736. The molecule has 1 atom stereocenters. The molecule has 74 valence electrons. The van der Waals surface area contributed by atoms with Gasteiger partial charge in [-0.25, -0.2) is 0 Å². The smallest absolute Gasteiger partial charge is 0.00639 e. The molecule has 0 radical (unpaired) electrons. The van der Waals surface area contributed by atoms with E-state index >= 15 is 0 Å². The van der Waals surface area contributed by atoms with Crippen LogP contribution in [0.1, 0.15) is 39.0 Å². The molecule has 1 aliphatic rings. The summed E-state index contributed by atoms with van der Waals surface area (Å²) in [6.07, 6.45) is 7.27. The van der Waals surface area contributed by atoms with Crippen LogP contribution in [0.25, 0.3) is 0 Å². The van der Waals surface area contributed by atoms with E-state index in [-0.39, 0.29) is 0 Å². The number of nitrogens with two attached hydrogens (primary N) is 1. The summed E-state index contributed by atoms with van der Waals surface area (Å²) in [6, 6.07) is 0.736. The summed E-state index contributed by atoms with van der Waals surface area (Å²) in [5.41, 5.74) is 4.50. The first-order chi connectivity index (χ1) is 5.84. The molecule has 0 spiro atoms. The molecular weight excluding hydrogens is 148 g/mol. The Morgan fingerprint density at radius 1 is 1.17 bits per heavy atom. The third kappa shape index (κ3) is 4.07. The molecule has 0 aromatic heterocycles. The average Bonchev–Trinajstić information content (AvgIpc) is 2.21. The Kier molecular flexibility index (Phi) is 7.51. The van der Waals surface area contributed by atoms with Gasteiger partial charge in [0.05, 0.1) is 0 Å². The SMILES string of the molecule is CN.CN[C@@H](C)C1CCCCC1. The fourth-order valence-corrected chi connectivity index (χ4v) is 1.87. The molecule has 3 N–H and O–H groups in total. The lowest BCUT2D eigenvalue weighted by atomic mass is 9.85. The Bertz CT molecular complexity index is 87.8. The van der Waals surface area contributed by atoms with E-state index in [0.717, 1.165) is 12.0 Å². The predicted molar refractivity (Wildman–Crippen MR) is 55.2 cm³/mol. The zero-order valence-corrected chi connectivity index (χ0v) is 8.77. The van der Waals surface area contributed by atoms with Gasteiger partial charge in [-0.1, -0.05) is 19.3 Å². The minimum atomic E-state index is 0.736. The molecule has 0 bridgehead atoms. The summed E-state index contributed by atoms with van der Waals surface area (Å²) in [6.45, 7) is 2.30. The second-order valence-corrected chi connectivity index (χ2v) is 3.48. The summed E-state index contributed by atoms with van der Waals surface area (Å²) in [5.74, 6) is 0.957. The Labute approximate surface area is 76.9 Å². The van der Waals surface area contributed by atoms with Crippen molar-refractivity contribution in [3.63, 3.8) is 0 Å². The van der Waals surface area contributed by atoms with E-state index in [4.69, 9.17) is 0 Å². The molecular formula is C10H24N2. The van der Waals surface area contributed by atoms with Crippen LogP contribution >= 0.6 is 0 Å². The molecule has 0 saturated heterocycles. The maximum atomic E-state index is 4.50. The van der Waals surface area contributed by atoms with Crippen LogP contribution < -0.4 is 11.1 Å². The molecule has 1 saturated carbocycles. The Morgan fingerprint density at radius 3 is 2.08 bits per heavy atom. The quantitative estimate of drug-likeness (QED) is 0.666. The first kappa shape index (κ1) is 11.9. The normalized spacial score (nSPS) is 21.0. The lowest BCUT2D eigenvalue weighted by Crippen LogP contribution is -2.31. The highest BCUT2D eigenvalue weighted by Gasteiger charge is 2.17. The van der Waals surface area contributed by atoms with Crippen molar-refractivity contribution in [1.82, 2.24) is 5.32 Å². The van der Waals surface area contributed by atoms with E-state index in [9.17, 15) is 0 Å². The summed E-state index contributed by atoms with van der Waals surface area (Å²) < 4.78 is 0. The fraction of sp³-hybridized carbons (Fsp3) is 1.00. The van der Waals surface area contributed by atoms with Gasteiger partial charge in [0.15, 0.2) is 0 Å². The predicted octanol–water partition coefficient (Wildman–Crippen LogP) is 1.75. The number of hydrogen-bond acceptors (Lipinski definition) is 2. The van der Waals surface area contributed by atoms with E-state index in [2.05, 4.69) is 25.0 Å². The highest BCUT2D eigenvalue weighted by molar-refractivity contribution is 4.74. The van der Waals surface area contributed by atoms with Crippen molar-refractivity contribution in [3.8, 4) is 0 Å². The van der Waals surface area contributed by atoms with Crippen LogP contribution in [0.4, 0.5) is 0 Å². The number of rotatable bonds is 2. The lowest BCUT2D eigenvalue weighted by molar-refractivity contribution is 0.291. The van der Waals surface area contributed by atoms with Gasteiger partial charge in [-0.05, 0) is 39.8 Å². The van der Waals surface area contributed by atoms with Gasteiger partial charge >= 0.3 is 0 Å². The second kappa shape index (κ2) is 7.56. The van der Waals surface area contributed by atoms with Crippen molar-refractivity contribution in [2.75, 3.05) is 14.1 Å². The monoisotopic (exact) mass is 172 g/mol. The zero-order chi connectivity index (χ0) is 9.40. The zero-order valence-electron chi connectivity index (χ0n) is 8.77. The highest BCUT2D eigenvalue weighted by Crippen LogP contribution is 2.25. The number of nitrogens with one attached hydrogen (secondary N) is 1. The van der Waals surface area contributed by atoms with Gasteiger partial charge in [-0.3, -0.25) is 0 Å². The Hall–Kier alpha value is -0.0800. The Balaban J connectivity index is 0.000000561. The molecule has 12 heavy (non-hydrogen) atoms. The van der Waals surface area contributed by atoms with Gasteiger partial charge in [0.25, 0.3) is 0 Å². The summed E-state index contributed by atoms with van der Waals surface area (Å²) in [7, 11) is 3.57. The third-order valence-corrected chi connectivity index (χ3v) is 2.81. The van der Waals surface area contributed by atoms with Gasteiger partial charge in [-0.15, -0.1) is 0 Å². The van der Waals surface area contributed by atoms with Gasteiger partial charge in [-0.2, -0.15) is 0 Å². The van der Waals surface area contributed by atoms with Crippen molar-refractivity contribution < 1.29 is 0 Å². The van der Waals surface area contributed by atoms with Gasteiger partial charge in [0.2, 0.25) is 0 Å². The maximum Gasteiger partial charge on any atom is 0.00639 e. The molecule has 0 aliphatic heterocycles. The summed E-state index contributed by atoms with van der Waals surface area (Å²) >= 11 is 0. The van der Waals surface area contributed by atoms with Crippen LogP contribution in [0.2, 0.25) is 0 Å². The molecule has 1 fully saturated rings. The first-order valence-electron chi connectivity index (χ1n) is 5.09. The van der Waals surface area contributed by atoms with Crippen molar-refractivity contribution >= 4 is 0 Å². The topological polar surface area (TPSA) is 38.0 Å². The van der Waals surface area contributed by atoms with Crippen LogP contribution in [-0.4, -0.2) is 20.1 Å². The number of hydrogen-bond donors (Lipinski definition) is 2. The molecule has 0 aromatic carbocycles.